The van der Waals surface area contributed by atoms with E-state index in [1.807, 2.05) is 0 Å². The molecule has 2 heterocycles. The van der Waals surface area contributed by atoms with Gasteiger partial charge in [0, 0.05) is 32.7 Å². The van der Waals surface area contributed by atoms with Crippen molar-refractivity contribution in [2.45, 2.75) is 18.9 Å². The molecule has 2 saturated heterocycles. The zero-order valence-corrected chi connectivity index (χ0v) is 11.8. The van der Waals surface area contributed by atoms with Gasteiger partial charge in [0.25, 0.3) is 0 Å². The molecular formula is C13H22N2O5. The number of hydrogen-bond acceptors (Lipinski definition) is 4. The maximum absolute atomic E-state index is 12.5. The molecule has 0 aromatic rings. The van der Waals surface area contributed by atoms with Gasteiger partial charge < -0.3 is 24.4 Å². The predicted octanol–water partition coefficient (Wildman–Crippen LogP) is 0.250. The van der Waals surface area contributed by atoms with Gasteiger partial charge in [0.05, 0.1) is 19.8 Å². The molecule has 2 rings (SSSR count). The van der Waals surface area contributed by atoms with Crippen LogP contribution in [0.1, 0.15) is 12.8 Å². The van der Waals surface area contributed by atoms with Crippen LogP contribution in [0, 0.1) is 5.92 Å². The summed E-state index contributed by atoms with van der Waals surface area (Å²) in [6, 6.07) is -1.07. The lowest BCUT2D eigenvalue weighted by Gasteiger charge is -2.39. The van der Waals surface area contributed by atoms with Gasteiger partial charge in [-0.1, -0.05) is 0 Å². The summed E-state index contributed by atoms with van der Waals surface area (Å²) in [5, 5.41) is 9.18. The van der Waals surface area contributed by atoms with Crippen LogP contribution in [0.5, 0.6) is 0 Å². The van der Waals surface area contributed by atoms with Crippen molar-refractivity contribution >= 4 is 12.0 Å². The summed E-state index contributed by atoms with van der Waals surface area (Å²) >= 11 is 0. The first kappa shape index (κ1) is 15.1. The number of hydrogen-bond donors (Lipinski definition) is 1. The quantitative estimate of drug-likeness (QED) is 0.804. The Morgan fingerprint density at radius 1 is 1.40 bits per heavy atom. The zero-order valence-electron chi connectivity index (χ0n) is 11.8. The molecule has 2 fully saturated rings. The predicted molar refractivity (Wildman–Crippen MR) is 70.5 cm³/mol. The number of amides is 2. The van der Waals surface area contributed by atoms with Crippen molar-refractivity contribution < 1.29 is 24.2 Å². The average Bonchev–Trinajstić information content (AvgIpc) is 2.47. The van der Waals surface area contributed by atoms with Gasteiger partial charge in [-0.15, -0.1) is 0 Å². The van der Waals surface area contributed by atoms with E-state index in [0.29, 0.717) is 38.8 Å². The van der Waals surface area contributed by atoms with E-state index >= 15 is 0 Å². The Labute approximate surface area is 118 Å². The third-order valence-electron chi connectivity index (χ3n) is 3.85. The number of piperidine rings is 1. The number of morpholine rings is 1. The summed E-state index contributed by atoms with van der Waals surface area (Å²) in [4.78, 5) is 26.9. The van der Waals surface area contributed by atoms with Gasteiger partial charge in [0.2, 0.25) is 0 Å². The van der Waals surface area contributed by atoms with Crippen molar-refractivity contribution in [1.29, 1.82) is 0 Å². The van der Waals surface area contributed by atoms with E-state index in [1.54, 1.807) is 12.0 Å². The lowest BCUT2D eigenvalue weighted by molar-refractivity contribution is -0.147. The summed E-state index contributed by atoms with van der Waals surface area (Å²) in [6.07, 6.45) is 1.98. The summed E-state index contributed by atoms with van der Waals surface area (Å²) in [7, 11) is 1.66. The van der Waals surface area contributed by atoms with Crippen LogP contribution >= 0.6 is 0 Å². The monoisotopic (exact) mass is 286 g/mol. The van der Waals surface area contributed by atoms with E-state index in [4.69, 9.17) is 9.47 Å². The Morgan fingerprint density at radius 3 is 2.90 bits per heavy atom. The maximum atomic E-state index is 12.5. The van der Waals surface area contributed by atoms with Crippen LogP contribution in [0.25, 0.3) is 0 Å². The molecule has 7 heteroatoms. The van der Waals surface area contributed by atoms with Crippen molar-refractivity contribution in [2.24, 2.45) is 5.92 Å². The lowest BCUT2D eigenvalue weighted by Crippen LogP contribution is -2.58. The Hall–Kier alpha value is -1.34. The van der Waals surface area contributed by atoms with Gasteiger partial charge in [-0.25, -0.2) is 9.59 Å². The fourth-order valence-electron chi connectivity index (χ4n) is 2.83. The second kappa shape index (κ2) is 6.90. The third kappa shape index (κ3) is 3.40. The van der Waals surface area contributed by atoms with E-state index in [0.717, 1.165) is 12.8 Å². The van der Waals surface area contributed by atoms with Crippen molar-refractivity contribution in [3.05, 3.63) is 0 Å². The minimum Gasteiger partial charge on any atom is -0.480 e. The Kier molecular flexibility index (Phi) is 5.19. The molecule has 0 spiro atoms. The normalized spacial score (nSPS) is 27.4. The zero-order chi connectivity index (χ0) is 14.5. The highest BCUT2D eigenvalue weighted by Crippen LogP contribution is 2.19. The largest absolute Gasteiger partial charge is 0.480 e. The number of rotatable bonds is 3. The summed E-state index contributed by atoms with van der Waals surface area (Å²) in [5.41, 5.74) is 0. The Bertz CT molecular complexity index is 361. The van der Waals surface area contributed by atoms with Crippen LogP contribution in [0.3, 0.4) is 0 Å². The summed E-state index contributed by atoms with van der Waals surface area (Å²) < 4.78 is 10.3. The van der Waals surface area contributed by atoms with Crippen LogP contribution in [0.4, 0.5) is 4.79 Å². The molecule has 114 valence electrons. The Morgan fingerprint density at radius 2 is 2.20 bits per heavy atom. The number of aliphatic carboxylic acids is 1. The molecule has 0 saturated carbocycles. The fraction of sp³-hybridized carbons (Fsp3) is 0.846. The highest BCUT2D eigenvalue weighted by Gasteiger charge is 2.36. The molecule has 0 radical (unpaired) electrons. The van der Waals surface area contributed by atoms with E-state index in [9.17, 15) is 14.7 Å². The molecule has 2 unspecified atom stereocenters. The first-order chi connectivity index (χ1) is 9.63. The maximum Gasteiger partial charge on any atom is 0.328 e. The average molecular weight is 286 g/mol. The van der Waals surface area contributed by atoms with Gasteiger partial charge >= 0.3 is 12.0 Å². The number of likely N-dealkylation sites (tertiary alicyclic amines) is 1. The molecular weight excluding hydrogens is 264 g/mol. The molecule has 20 heavy (non-hydrogen) atoms. The lowest BCUT2D eigenvalue weighted by atomic mass is 9.99. The topological polar surface area (TPSA) is 79.3 Å². The first-order valence-electron chi connectivity index (χ1n) is 6.98. The summed E-state index contributed by atoms with van der Waals surface area (Å²) in [5.74, 6) is -0.675. The van der Waals surface area contributed by atoms with Crippen LogP contribution in [-0.4, -0.2) is 79.5 Å². The molecule has 2 amide bonds. The smallest absolute Gasteiger partial charge is 0.328 e. The van der Waals surface area contributed by atoms with Crippen molar-refractivity contribution in [2.75, 3.05) is 46.6 Å². The molecule has 0 bridgehead atoms. The molecule has 1 N–H and O–H groups in total. The van der Waals surface area contributed by atoms with Crippen molar-refractivity contribution in [1.82, 2.24) is 9.80 Å². The van der Waals surface area contributed by atoms with Crippen molar-refractivity contribution in [3.63, 3.8) is 0 Å². The second-order valence-corrected chi connectivity index (χ2v) is 5.31. The molecule has 0 aromatic heterocycles. The van der Waals surface area contributed by atoms with E-state index in [2.05, 4.69) is 0 Å². The van der Waals surface area contributed by atoms with E-state index in [1.165, 1.54) is 4.90 Å². The molecule has 2 atom stereocenters. The van der Waals surface area contributed by atoms with Gasteiger partial charge in [-0.05, 0) is 12.8 Å². The summed E-state index contributed by atoms with van der Waals surface area (Å²) in [6.45, 7) is 2.75. The number of carbonyl (C=O) groups excluding carboxylic acids is 1. The highest BCUT2D eigenvalue weighted by atomic mass is 16.5. The third-order valence-corrected chi connectivity index (χ3v) is 3.85. The van der Waals surface area contributed by atoms with Crippen LogP contribution in [-0.2, 0) is 14.3 Å². The van der Waals surface area contributed by atoms with E-state index < -0.39 is 12.0 Å². The molecule has 2 aliphatic rings. The van der Waals surface area contributed by atoms with Gasteiger partial charge in [0.1, 0.15) is 0 Å². The Balaban J connectivity index is 1.99. The SMILES string of the molecule is COCC1CCCN(C(=O)N2CCOCC2C(=O)O)C1. The molecule has 0 aliphatic carbocycles. The number of carbonyl (C=O) groups is 2. The van der Waals surface area contributed by atoms with Gasteiger partial charge in [0.15, 0.2) is 6.04 Å². The number of urea groups is 1. The minimum absolute atomic E-state index is 0.0659. The molecule has 7 nitrogen and oxygen atoms in total. The van der Waals surface area contributed by atoms with Crippen LogP contribution < -0.4 is 0 Å². The minimum atomic E-state index is -1.01. The standard InChI is InChI=1S/C13H22N2O5/c1-19-8-10-3-2-4-14(7-10)13(18)15-5-6-20-9-11(15)12(16)17/h10-11H,2-9H2,1H3,(H,16,17). The van der Waals surface area contributed by atoms with Crippen LogP contribution in [0.2, 0.25) is 0 Å². The number of ether oxygens (including phenoxy) is 2. The van der Waals surface area contributed by atoms with Crippen LogP contribution in [0.15, 0.2) is 0 Å². The molecule has 2 aliphatic heterocycles. The number of nitrogens with zero attached hydrogens (tertiary/aromatic N) is 2. The highest BCUT2D eigenvalue weighted by molar-refractivity contribution is 5.83. The second-order valence-electron chi connectivity index (χ2n) is 5.31. The number of carboxylic acids is 1. The molecule has 0 aromatic carbocycles. The van der Waals surface area contributed by atoms with Crippen molar-refractivity contribution in [3.8, 4) is 0 Å². The fourth-order valence-corrected chi connectivity index (χ4v) is 2.83. The number of methoxy groups -OCH3 is 1. The number of carboxylic acid groups (broad SMARTS) is 1. The van der Waals surface area contributed by atoms with E-state index in [-0.39, 0.29) is 12.6 Å². The first-order valence-corrected chi connectivity index (χ1v) is 6.98. The van der Waals surface area contributed by atoms with Gasteiger partial charge in [-0.3, -0.25) is 0 Å². The van der Waals surface area contributed by atoms with Gasteiger partial charge in [-0.2, -0.15) is 0 Å².